The second-order valence-electron chi connectivity index (χ2n) is 6.24. The van der Waals surface area contributed by atoms with E-state index in [1.807, 2.05) is 20.8 Å². The summed E-state index contributed by atoms with van der Waals surface area (Å²) >= 11 is 0. The third-order valence-electron chi connectivity index (χ3n) is 4.73. The number of hydrogen-bond acceptors (Lipinski definition) is 4. The predicted octanol–water partition coefficient (Wildman–Crippen LogP) is 2.30. The van der Waals surface area contributed by atoms with E-state index in [-0.39, 0.29) is 29.3 Å². The molecule has 1 unspecified atom stereocenters. The Balaban J connectivity index is 0.00000576. The van der Waals surface area contributed by atoms with Gasteiger partial charge in [0.15, 0.2) is 0 Å². The van der Waals surface area contributed by atoms with Gasteiger partial charge in [0.25, 0.3) is 0 Å². The molecule has 0 spiro atoms. The van der Waals surface area contributed by atoms with Crippen molar-refractivity contribution in [3.05, 3.63) is 29.8 Å². The second-order valence-corrected chi connectivity index (χ2v) is 8.40. The van der Waals surface area contributed by atoms with Crippen LogP contribution < -0.4 is 11.1 Å². The minimum atomic E-state index is -3.45. The summed E-state index contributed by atoms with van der Waals surface area (Å²) in [5.41, 5.74) is 6.10. The maximum atomic E-state index is 12.6. The summed E-state index contributed by atoms with van der Waals surface area (Å²) in [6, 6.07) is 6.34. The zero-order valence-electron chi connectivity index (χ0n) is 15.6. The molecule has 0 saturated heterocycles. The van der Waals surface area contributed by atoms with Crippen molar-refractivity contribution in [3.63, 3.8) is 0 Å². The number of carbonyl (C=O) groups is 1. The number of rotatable bonds is 8. The van der Waals surface area contributed by atoms with Gasteiger partial charge in [0.1, 0.15) is 0 Å². The summed E-state index contributed by atoms with van der Waals surface area (Å²) in [7, 11) is -0.460. The van der Waals surface area contributed by atoms with Gasteiger partial charge >= 0.3 is 0 Å². The van der Waals surface area contributed by atoms with Crippen molar-refractivity contribution >= 4 is 28.3 Å². The Hall–Kier alpha value is -1.15. The van der Waals surface area contributed by atoms with Gasteiger partial charge in [-0.3, -0.25) is 4.79 Å². The van der Waals surface area contributed by atoms with Gasteiger partial charge in [-0.15, -0.1) is 12.4 Å². The van der Waals surface area contributed by atoms with E-state index in [4.69, 9.17) is 5.73 Å². The smallest absolute Gasteiger partial charge is 0.242 e. The molecule has 0 aromatic heterocycles. The van der Waals surface area contributed by atoms with Crippen LogP contribution in [0.15, 0.2) is 29.2 Å². The summed E-state index contributed by atoms with van der Waals surface area (Å²) in [6.07, 6.45) is 1.36. The van der Waals surface area contributed by atoms with Gasteiger partial charge in [-0.1, -0.05) is 26.0 Å². The van der Waals surface area contributed by atoms with E-state index in [0.717, 1.165) is 5.56 Å². The van der Waals surface area contributed by atoms with Crippen LogP contribution in [-0.4, -0.2) is 39.3 Å². The van der Waals surface area contributed by atoms with Gasteiger partial charge in [-0.25, -0.2) is 12.7 Å². The normalized spacial score (nSPS) is 13.2. The Kier molecular flexibility index (Phi) is 9.08. The molecular formula is C17H30ClN3O3S. The summed E-state index contributed by atoms with van der Waals surface area (Å²) in [4.78, 5) is 12.8. The molecule has 1 aromatic carbocycles. The van der Waals surface area contributed by atoms with Gasteiger partial charge in [-0.2, -0.15) is 0 Å². The first-order chi connectivity index (χ1) is 11.1. The number of carbonyl (C=O) groups excluding carboxylic acids is 1. The highest BCUT2D eigenvalue weighted by Gasteiger charge is 2.34. The molecule has 0 saturated carbocycles. The molecule has 0 fully saturated rings. The summed E-state index contributed by atoms with van der Waals surface area (Å²) in [5.74, 6) is -0.0625. The van der Waals surface area contributed by atoms with Crippen molar-refractivity contribution < 1.29 is 13.2 Å². The molecule has 1 aromatic rings. The largest absolute Gasteiger partial charge is 0.349 e. The lowest BCUT2D eigenvalue weighted by Gasteiger charge is -2.30. The van der Waals surface area contributed by atoms with Crippen LogP contribution in [0.25, 0.3) is 0 Å². The van der Waals surface area contributed by atoms with Crippen LogP contribution in [0.2, 0.25) is 0 Å². The van der Waals surface area contributed by atoms with E-state index in [2.05, 4.69) is 5.32 Å². The van der Waals surface area contributed by atoms with Crippen molar-refractivity contribution in [2.75, 3.05) is 20.6 Å². The van der Waals surface area contributed by atoms with E-state index in [9.17, 15) is 13.2 Å². The van der Waals surface area contributed by atoms with E-state index in [1.54, 1.807) is 24.3 Å². The maximum absolute atomic E-state index is 12.6. The average molecular weight is 392 g/mol. The summed E-state index contributed by atoms with van der Waals surface area (Å²) in [5, 5.41) is 2.99. The lowest BCUT2D eigenvalue weighted by atomic mass is 9.81. The van der Waals surface area contributed by atoms with Crippen molar-refractivity contribution in [1.82, 2.24) is 9.62 Å². The first-order valence-corrected chi connectivity index (χ1v) is 9.62. The molecule has 0 aliphatic rings. The maximum Gasteiger partial charge on any atom is 0.242 e. The van der Waals surface area contributed by atoms with Crippen LogP contribution in [0.1, 0.15) is 45.2 Å². The highest BCUT2D eigenvalue weighted by Crippen LogP contribution is 2.27. The fourth-order valence-electron chi connectivity index (χ4n) is 2.52. The third kappa shape index (κ3) is 5.17. The molecule has 0 heterocycles. The van der Waals surface area contributed by atoms with Crippen molar-refractivity contribution in [1.29, 1.82) is 0 Å². The van der Waals surface area contributed by atoms with Crippen molar-refractivity contribution in [2.24, 2.45) is 11.1 Å². The van der Waals surface area contributed by atoms with E-state index >= 15 is 0 Å². The number of amides is 1. The van der Waals surface area contributed by atoms with Crippen LogP contribution in [0.5, 0.6) is 0 Å². The minimum Gasteiger partial charge on any atom is -0.349 e. The number of sulfonamides is 1. The first-order valence-electron chi connectivity index (χ1n) is 8.18. The Morgan fingerprint density at radius 2 is 1.68 bits per heavy atom. The molecule has 1 atom stereocenters. The molecule has 0 aliphatic heterocycles. The van der Waals surface area contributed by atoms with Crippen molar-refractivity contribution in [2.45, 2.75) is 44.6 Å². The van der Waals surface area contributed by atoms with Crippen LogP contribution >= 0.6 is 12.4 Å². The fourth-order valence-corrected chi connectivity index (χ4v) is 3.43. The predicted molar refractivity (Wildman–Crippen MR) is 103 cm³/mol. The Bertz CT molecular complexity index is 648. The third-order valence-corrected chi connectivity index (χ3v) is 6.56. The molecule has 6 nitrogen and oxygen atoms in total. The number of hydrogen-bond donors (Lipinski definition) is 2. The monoisotopic (exact) mass is 391 g/mol. The highest BCUT2D eigenvalue weighted by atomic mass is 35.5. The lowest BCUT2D eigenvalue weighted by molar-refractivity contribution is -0.131. The number of nitrogens with two attached hydrogens (primary N) is 1. The molecule has 8 heteroatoms. The van der Waals surface area contributed by atoms with Gasteiger partial charge in [0, 0.05) is 20.6 Å². The second kappa shape index (κ2) is 9.52. The molecule has 0 aliphatic carbocycles. The highest BCUT2D eigenvalue weighted by molar-refractivity contribution is 7.89. The molecule has 0 bridgehead atoms. The molecule has 25 heavy (non-hydrogen) atoms. The molecule has 144 valence electrons. The molecule has 1 amide bonds. The minimum absolute atomic E-state index is 0. The SMILES string of the molecule is CCC(CC)(CN)C(=O)NC(C)c1ccc(S(=O)(=O)N(C)C)cc1.Cl. The molecule has 0 radical (unpaired) electrons. The van der Waals surface area contributed by atoms with Gasteiger partial charge in [0.05, 0.1) is 16.4 Å². The van der Waals surface area contributed by atoms with E-state index in [0.29, 0.717) is 19.4 Å². The lowest BCUT2D eigenvalue weighted by Crippen LogP contribution is -2.46. The number of nitrogens with zero attached hydrogens (tertiary/aromatic N) is 1. The average Bonchev–Trinajstić information content (AvgIpc) is 2.57. The zero-order chi connectivity index (χ0) is 18.5. The van der Waals surface area contributed by atoms with Crippen LogP contribution in [0.4, 0.5) is 0 Å². The Labute approximate surface area is 157 Å². The van der Waals surface area contributed by atoms with E-state index < -0.39 is 15.4 Å². The topological polar surface area (TPSA) is 92.5 Å². The van der Waals surface area contributed by atoms with Crippen molar-refractivity contribution in [3.8, 4) is 0 Å². The summed E-state index contributed by atoms with van der Waals surface area (Å²) < 4.78 is 25.3. The standard InChI is InChI=1S/C17H29N3O3S.ClH/c1-6-17(7-2,12-18)16(21)19-13(3)14-8-10-15(11-9-14)24(22,23)20(4)5;/h8-11,13H,6-7,12,18H2,1-5H3,(H,19,21);1H. The summed E-state index contributed by atoms with van der Waals surface area (Å²) in [6.45, 7) is 6.10. The molecular weight excluding hydrogens is 362 g/mol. The van der Waals surface area contributed by atoms with Crippen LogP contribution in [0, 0.1) is 5.41 Å². The van der Waals surface area contributed by atoms with Gasteiger partial charge in [0.2, 0.25) is 15.9 Å². The molecule has 1 rings (SSSR count). The van der Waals surface area contributed by atoms with Gasteiger partial charge < -0.3 is 11.1 Å². The number of nitrogens with one attached hydrogen (secondary N) is 1. The fraction of sp³-hybridized carbons (Fsp3) is 0.588. The van der Waals surface area contributed by atoms with Crippen LogP contribution in [0.3, 0.4) is 0 Å². The number of halogens is 1. The quantitative estimate of drug-likeness (QED) is 0.711. The Morgan fingerprint density at radius 1 is 1.20 bits per heavy atom. The van der Waals surface area contributed by atoms with E-state index in [1.165, 1.54) is 18.4 Å². The molecule has 3 N–H and O–H groups in total. The number of benzene rings is 1. The Morgan fingerprint density at radius 3 is 2.04 bits per heavy atom. The van der Waals surface area contributed by atoms with Gasteiger partial charge in [-0.05, 0) is 37.5 Å². The first kappa shape index (κ1) is 23.9. The zero-order valence-corrected chi connectivity index (χ0v) is 17.2. The van der Waals surface area contributed by atoms with Crippen LogP contribution in [-0.2, 0) is 14.8 Å².